The summed E-state index contributed by atoms with van der Waals surface area (Å²) in [5, 5.41) is 0.626. The molecule has 1 saturated carbocycles. The Balaban J connectivity index is 1.60. The Morgan fingerprint density at radius 2 is 1.96 bits per heavy atom. The maximum Gasteiger partial charge on any atom is 0.248 e. The summed E-state index contributed by atoms with van der Waals surface area (Å²) in [6.45, 7) is 4.10. The van der Waals surface area contributed by atoms with E-state index in [9.17, 15) is 13.2 Å². The van der Waals surface area contributed by atoms with Crippen LogP contribution in [0.4, 0.5) is 5.69 Å². The van der Waals surface area contributed by atoms with Gasteiger partial charge < -0.3 is 4.90 Å². The number of aryl methyl sites for hydroxylation is 1. The molecule has 0 radical (unpaired) electrons. The minimum atomic E-state index is -3.05. The highest BCUT2D eigenvalue weighted by molar-refractivity contribution is 8.16. The van der Waals surface area contributed by atoms with Crippen molar-refractivity contribution < 1.29 is 13.2 Å². The molecule has 0 unspecified atom stereocenters. The number of aliphatic imine (C=N–C) groups is 1. The summed E-state index contributed by atoms with van der Waals surface area (Å²) in [4.78, 5) is 19.1. The number of rotatable bonds is 4. The molecule has 0 N–H and O–H groups in total. The van der Waals surface area contributed by atoms with E-state index in [1.54, 1.807) is 0 Å². The summed E-state index contributed by atoms with van der Waals surface area (Å²) >= 11 is 1.46. The van der Waals surface area contributed by atoms with Crippen LogP contribution in [0.3, 0.4) is 0 Å². The number of sulfone groups is 1. The molecule has 0 bridgehead atoms. The molecule has 2 heterocycles. The molecule has 4 rings (SSSR count). The van der Waals surface area contributed by atoms with Gasteiger partial charge in [0.1, 0.15) is 0 Å². The third kappa shape index (κ3) is 4.01. The van der Waals surface area contributed by atoms with Crippen LogP contribution in [0.2, 0.25) is 0 Å². The van der Waals surface area contributed by atoms with Crippen molar-refractivity contribution in [1.29, 1.82) is 0 Å². The Bertz CT molecular complexity index is 904. The van der Waals surface area contributed by atoms with Crippen molar-refractivity contribution in [3.8, 4) is 0 Å². The van der Waals surface area contributed by atoms with Crippen LogP contribution in [0.1, 0.15) is 49.7 Å². The quantitative estimate of drug-likeness (QED) is 0.740. The Hall–Kier alpha value is -1.34. The first-order valence-corrected chi connectivity index (χ1v) is 12.9. The van der Waals surface area contributed by atoms with E-state index in [0.29, 0.717) is 17.5 Å². The molecule has 1 aliphatic carbocycles. The van der Waals surface area contributed by atoms with Crippen molar-refractivity contribution in [1.82, 2.24) is 0 Å². The molecule has 28 heavy (non-hydrogen) atoms. The van der Waals surface area contributed by atoms with Gasteiger partial charge in [-0.3, -0.25) is 4.79 Å². The third-order valence-electron chi connectivity index (χ3n) is 6.36. The summed E-state index contributed by atoms with van der Waals surface area (Å²) in [5.41, 5.74) is 3.23. The van der Waals surface area contributed by atoms with E-state index < -0.39 is 9.84 Å². The molecule has 3 fully saturated rings. The molecule has 1 aromatic rings. The van der Waals surface area contributed by atoms with Crippen LogP contribution >= 0.6 is 11.8 Å². The maximum absolute atomic E-state index is 12.6. The SMILES string of the molecule is Cc1cccc(N2C(=NC(=O)CCC3CCCC3)S[C@H]3CS(=O)(=O)C[C@H]32)c1C. The van der Waals surface area contributed by atoms with Crippen LogP contribution in [-0.4, -0.2) is 42.3 Å². The minimum Gasteiger partial charge on any atom is -0.315 e. The lowest BCUT2D eigenvalue weighted by Gasteiger charge is -2.27. The lowest BCUT2D eigenvalue weighted by atomic mass is 10.0. The van der Waals surface area contributed by atoms with Gasteiger partial charge in [-0.25, -0.2) is 8.42 Å². The summed E-state index contributed by atoms with van der Waals surface area (Å²) in [6.07, 6.45) is 6.43. The smallest absolute Gasteiger partial charge is 0.248 e. The predicted octanol–water partition coefficient (Wildman–Crippen LogP) is 3.88. The molecule has 3 aliphatic rings. The number of nitrogens with zero attached hydrogens (tertiary/aromatic N) is 2. The zero-order valence-corrected chi connectivity index (χ0v) is 18.2. The molecule has 1 amide bonds. The van der Waals surface area contributed by atoms with Crippen LogP contribution in [0, 0.1) is 19.8 Å². The average molecular weight is 421 g/mol. The van der Waals surface area contributed by atoms with Gasteiger partial charge in [-0.1, -0.05) is 49.6 Å². The number of amides is 1. The number of hydrogen-bond donors (Lipinski definition) is 0. The van der Waals surface area contributed by atoms with Gasteiger partial charge >= 0.3 is 0 Å². The lowest BCUT2D eigenvalue weighted by molar-refractivity contribution is -0.118. The van der Waals surface area contributed by atoms with E-state index in [1.807, 2.05) is 24.0 Å². The second-order valence-electron chi connectivity index (χ2n) is 8.37. The summed E-state index contributed by atoms with van der Waals surface area (Å²) in [7, 11) is -3.05. The Morgan fingerprint density at radius 3 is 2.71 bits per heavy atom. The van der Waals surface area contributed by atoms with E-state index >= 15 is 0 Å². The van der Waals surface area contributed by atoms with Crippen molar-refractivity contribution in [2.45, 2.75) is 63.7 Å². The van der Waals surface area contributed by atoms with Crippen molar-refractivity contribution >= 4 is 38.4 Å². The van der Waals surface area contributed by atoms with Gasteiger partial charge in [0.25, 0.3) is 0 Å². The molecular weight excluding hydrogens is 392 g/mol. The first-order chi connectivity index (χ1) is 13.3. The zero-order chi connectivity index (χ0) is 19.9. The van der Waals surface area contributed by atoms with Crippen molar-refractivity contribution in [3.05, 3.63) is 29.3 Å². The van der Waals surface area contributed by atoms with E-state index in [4.69, 9.17) is 0 Å². The first kappa shape index (κ1) is 20.0. The summed E-state index contributed by atoms with van der Waals surface area (Å²) < 4.78 is 24.4. The molecule has 0 aromatic heterocycles. The number of hydrogen-bond acceptors (Lipinski definition) is 4. The van der Waals surface area contributed by atoms with Gasteiger partial charge in [-0.15, -0.1) is 0 Å². The molecule has 2 aliphatic heterocycles. The third-order valence-corrected chi connectivity index (χ3v) is 9.57. The van der Waals surface area contributed by atoms with Gasteiger partial charge in [0.2, 0.25) is 5.91 Å². The molecule has 1 aromatic carbocycles. The molecule has 152 valence electrons. The molecular formula is C21H28N2O3S2. The van der Waals surface area contributed by atoms with E-state index in [-0.39, 0.29) is 28.7 Å². The maximum atomic E-state index is 12.6. The highest BCUT2D eigenvalue weighted by Gasteiger charge is 2.49. The number of benzene rings is 1. The number of anilines is 1. The largest absolute Gasteiger partial charge is 0.315 e. The Kier molecular flexibility index (Phi) is 5.58. The monoisotopic (exact) mass is 420 g/mol. The van der Waals surface area contributed by atoms with E-state index in [2.05, 4.69) is 18.0 Å². The predicted molar refractivity (Wildman–Crippen MR) is 116 cm³/mol. The summed E-state index contributed by atoms with van der Waals surface area (Å²) in [5.74, 6) is 0.888. The first-order valence-electron chi connectivity index (χ1n) is 10.2. The molecule has 5 nitrogen and oxygen atoms in total. The number of carbonyl (C=O) groups is 1. The standard InChI is InChI=1S/C21H28N2O3S2/c1-14-6-5-9-17(15(14)2)23-18-12-28(25,26)13-19(18)27-21(23)22-20(24)11-10-16-7-3-4-8-16/h5-6,9,16,18-19H,3-4,7-8,10-13H2,1-2H3/t18-,19+/m1/s1. The fourth-order valence-corrected chi connectivity index (χ4v) is 8.56. The zero-order valence-electron chi connectivity index (χ0n) is 16.6. The topological polar surface area (TPSA) is 66.8 Å². The van der Waals surface area contributed by atoms with Gasteiger partial charge in [0, 0.05) is 17.4 Å². The number of thioether (sulfide) groups is 1. The van der Waals surface area contributed by atoms with Crippen LogP contribution in [0.25, 0.3) is 0 Å². The highest BCUT2D eigenvalue weighted by Crippen LogP contribution is 2.42. The second kappa shape index (κ2) is 7.82. The van der Waals surface area contributed by atoms with Gasteiger partial charge in [-0.2, -0.15) is 4.99 Å². The van der Waals surface area contributed by atoms with Crippen molar-refractivity contribution in [2.24, 2.45) is 10.9 Å². The molecule has 7 heteroatoms. The number of carbonyl (C=O) groups excluding carboxylic acids is 1. The van der Waals surface area contributed by atoms with Crippen molar-refractivity contribution in [2.75, 3.05) is 16.4 Å². The van der Waals surface area contributed by atoms with E-state index in [0.717, 1.165) is 23.2 Å². The fourth-order valence-electron chi connectivity index (χ4n) is 4.63. The van der Waals surface area contributed by atoms with Crippen LogP contribution < -0.4 is 4.90 Å². The number of fused-ring (bicyclic) bond motifs is 1. The molecule has 2 saturated heterocycles. The Labute approximate surface area is 171 Å². The van der Waals surface area contributed by atoms with Gasteiger partial charge in [-0.05, 0) is 43.4 Å². The van der Waals surface area contributed by atoms with Crippen LogP contribution in [-0.2, 0) is 14.6 Å². The minimum absolute atomic E-state index is 0.0497. The lowest BCUT2D eigenvalue weighted by Crippen LogP contribution is -2.38. The molecule has 2 atom stereocenters. The Morgan fingerprint density at radius 1 is 1.21 bits per heavy atom. The van der Waals surface area contributed by atoms with Crippen molar-refractivity contribution in [3.63, 3.8) is 0 Å². The normalized spacial score (nSPS) is 28.2. The van der Waals surface area contributed by atoms with Gasteiger partial charge in [0.05, 0.1) is 17.5 Å². The van der Waals surface area contributed by atoms with E-state index in [1.165, 1.54) is 37.4 Å². The highest BCUT2D eigenvalue weighted by atomic mass is 32.2. The fraction of sp³-hybridized carbons (Fsp3) is 0.619. The second-order valence-corrected chi connectivity index (χ2v) is 11.7. The van der Waals surface area contributed by atoms with Crippen LogP contribution in [0.15, 0.2) is 23.2 Å². The summed E-state index contributed by atoms with van der Waals surface area (Å²) in [6, 6.07) is 5.90. The molecule has 0 spiro atoms. The van der Waals surface area contributed by atoms with Crippen LogP contribution in [0.5, 0.6) is 0 Å². The average Bonchev–Trinajstić information content (AvgIpc) is 3.31. The number of amidine groups is 1. The van der Waals surface area contributed by atoms with Gasteiger partial charge in [0.15, 0.2) is 15.0 Å².